The van der Waals surface area contributed by atoms with Crippen LogP contribution in [-0.2, 0) is 0 Å². The second-order valence-electron chi connectivity index (χ2n) is 4.71. The van der Waals surface area contributed by atoms with E-state index >= 15 is 0 Å². The average molecular weight is 333 g/mol. The van der Waals surface area contributed by atoms with Crippen LogP contribution in [0.2, 0.25) is 0 Å². The largest absolute Gasteiger partial charge is 0.506 e. The number of rotatable bonds is 5. The summed E-state index contributed by atoms with van der Waals surface area (Å²) in [4.78, 5) is 8.86. The third-order valence-corrected chi connectivity index (χ3v) is 3.16. The maximum Gasteiger partial charge on any atom is 0.229 e. The molecular formula is C16H17ClN4O2. The van der Waals surface area contributed by atoms with Gasteiger partial charge in [0.15, 0.2) is 0 Å². The van der Waals surface area contributed by atoms with Crippen molar-refractivity contribution in [3.05, 3.63) is 48.5 Å². The highest BCUT2D eigenvalue weighted by molar-refractivity contribution is 5.90. The SMILES string of the molecule is Cl.OCCNc1nc(Nc2ccccc2O)nc2ccccc12. The number of benzene rings is 2. The van der Waals surface area contributed by atoms with Gasteiger partial charge < -0.3 is 20.8 Å². The molecule has 1 heterocycles. The van der Waals surface area contributed by atoms with E-state index in [1.165, 1.54) is 0 Å². The van der Waals surface area contributed by atoms with Gasteiger partial charge in [-0.15, -0.1) is 12.4 Å². The Morgan fingerprint density at radius 2 is 1.70 bits per heavy atom. The number of hydrogen-bond acceptors (Lipinski definition) is 6. The molecule has 7 heteroatoms. The fraction of sp³-hybridized carbons (Fsp3) is 0.125. The van der Waals surface area contributed by atoms with E-state index in [-0.39, 0.29) is 24.8 Å². The van der Waals surface area contributed by atoms with Gasteiger partial charge in [-0.3, -0.25) is 0 Å². The predicted octanol–water partition coefficient (Wildman–Crippen LogP) is 2.91. The molecule has 3 aromatic rings. The molecule has 0 unspecified atom stereocenters. The first kappa shape index (κ1) is 16.8. The molecule has 0 amide bonds. The van der Waals surface area contributed by atoms with Crippen molar-refractivity contribution in [1.29, 1.82) is 0 Å². The van der Waals surface area contributed by atoms with Crippen LogP contribution in [0.15, 0.2) is 48.5 Å². The summed E-state index contributed by atoms with van der Waals surface area (Å²) in [7, 11) is 0. The smallest absolute Gasteiger partial charge is 0.229 e. The van der Waals surface area contributed by atoms with E-state index in [2.05, 4.69) is 20.6 Å². The van der Waals surface area contributed by atoms with Gasteiger partial charge in [0.1, 0.15) is 11.6 Å². The van der Waals surface area contributed by atoms with Gasteiger partial charge in [0.05, 0.1) is 17.8 Å². The van der Waals surface area contributed by atoms with Crippen LogP contribution >= 0.6 is 12.4 Å². The monoisotopic (exact) mass is 332 g/mol. The fourth-order valence-corrected chi connectivity index (χ4v) is 2.14. The van der Waals surface area contributed by atoms with Gasteiger partial charge in [0.25, 0.3) is 0 Å². The number of aliphatic hydroxyl groups is 1. The van der Waals surface area contributed by atoms with Gasteiger partial charge in [-0.05, 0) is 24.3 Å². The molecule has 0 aliphatic carbocycles. The lowest BCUT2D eigenvalue weighted by Crippen LogP contribution is -2.09. The summed E-state index contributed by atoms with van der Waals surface area (Å²) < 4.78 is 0. The van der Waals surface area contributed by atoms with Crippen molar-refractivity contribution in [2.45, 2.75) is 0 Å². The molecule has 2 aromatic carbocycles. The minimum absolute atomic E-state index is 0. The van der Waals surface area contributed by atoms with E-state index in [1.807, 2.05) is 30.3 Å². The molecule has 0 aliphatic heterocycles. The van der Waals surface area contributed by atoms with Crippen molar-refractivity contribution in [3.8, 4) is 5.75 Å². The number of halogens is 1. The zero-order valence-corrected chi connectivity index (χ0v) is 13.0. The third kappa shape index (κ3) is 3.80. The minimum Gasteiger partial charge on any atom is -0.506 e. The molecule has 0 spiro atoms. The van der Waals surface area contributed by atoms with Crippen molar-refractivity contribution >= 4 is 40.8 Å². The minimum atomic E-state index is 0. The van der Waals surface area contributed by atoms with Crippen molar-refractivity contribution in [2.24, 2.45) is 0 Å². The highest BCUT2D eigenvalue weighted by Gasteiger charge is 2.08. The second-order valence-corrected chi connectivity index (χ2v) is 4.71. The van der Waals surface area contributed by atoms with Crippen LogP contribution < -0.4 is 10.6 Å². The summed E-state index contributed by atoms with van der Waals surface area (Å²) in [6.07, 6.45) is 0. The first-order valence-electron chi connectivity index (χ1n) is 6.94. The lowest BCUT2D eigenvalue weighted by atomic mass is 10.2. The number of anilines is 3. The van der Waals surface area contributed by atoms with Crippen LogP contribution in [-0.4, -0.2) is 33.3 Å². The van der Waals surface area contributed by atoms with E-state index in [4.69, 9.17) is 5.11 Å². The maximum atomic E-state index is 9.83. The summed E-state index contributed by atoms with van der Waals surface area (Å²) in [5.41, 5.74) is 1.31. The normalized spacial score (nSPS) is 10.1. The molecule has 0 radical (unpaired) electrons. The number of phenolic OH excluding ortho intramolecular Hbond substituents is 1. The highest BCUT2D eigenvalue weighted by atomic mass is 35.5. The number of nitrogens with one attached hydrogen (secondary N) is 2. The Labute approximate surface area is 139 Å². The summed E-state index contributed by atoms with van der Waals surface area (Å²) in [5, 5.41) is 25.8. The number of fused-ring (bicyclic) bond motifs is 1. The molecule has 4 N–H and O–H groups in total. The van der Waals surface area contributed by atoms with Crippen LogP contribution in [0.3, 0.4) is 0 Å². The molecule has 0 aliphatic rings. The van der Waals surface area contributed by atoms with Gasteiger partial charge in [-0.2, -0.15) is 4.98 Å². The van der Waals surface area contributed by atoms with Crippen molar-refractivity contribution in [2.75, 3.05) is 23.8 Å². The topological polar surface area (TPSA) is 90.3 Å². The molecule has 0 saturated heterocycles. The Kier molecular flexibility index (Phi) is 5.56. The second kappa shape index (κ2) is 7.62. The van der Waals surface area contributed by atoms with Gasteiger partial charge >= 0.3 is 0 Å². The van der Waals surface area contributed by atoms with Gasteiger partial charge in [-0.25, -0.2) is 4.98 Å². The van der Waals surface area contributed by atoms with Gasteiger partial charge in [0, 0.05) is 11.9 Å². The number of nitrogens with zero attached hydrogens (tertiary/aromatic N) is 2. The maximum absolute atomic E-state index is 9.83. The molecular weight excluding hydrogens is 316 g/mol. The van der Waals surface area contributed by atoms with Crippen LogP contribution in [0.4, 0.5) is 17.5 Å². The zero-order valence-electron chi connectivity index (χ0n) is 12.2. The fourth-order valence-electron chi connectivity index (χ4n) is 2.14. The van der Waals surface area contributed by atoms with Crippen LogP contribution in [0, 0.1) is 0 Å². The van der Waals surface area contributed by atoms with Crippen molar-refractivity contribution < 1.29 is 10.2 Å². The van der Waals surface area contributed by atoms with Crippen LogP contribution in [0.1, 0.15) is 0 Å². The van der Waals surface area contributed by atoms with Crippen LogP contribution in [0.25, 0.3) is 10.9 Å². The summed E-state index contributed by atoms with van der Waals surface area (Å²) in [6.45, 7) is 0.414. The molecule has 0 fully saturated rings. The quantitative estimate of drug-likeness (QED) is 0.537. The molecule has 0 bridgehead atoms. The Morgan fingerprint density at radius 3 is 2.48 bits per heavy atom. The molecule has 23 heavy (non-hydrogen) atoms. The van der Waals surface area contributed by atoms with E-state index in [1.54, 1.807) is 18.2 Å². The lowest BCUT2D eigenvalue weighted by molar-refractivity contribution is 0.311. The summed E-state index contributed by atoms with van der Waals surface area (Å²) in [6, 6.07) is 14.5. The van der Waals surface area contributed by atoms with Crippen LogP contribution in [0.5, 0.6) is 5.75 Å². The Bertz CT molecular complexity index is 798. The van der Waals surface area contributed by atoms with E-state index in [9.17, 15) is 5.11 Å². The van der Waals surface area contributed by atoms with E-state index < -0.39 is 0 Å². The van der Waals surface area contributed by atoms with Crippen molar-refractivity contribution in [3.63, 3.8) is 0 Å². The highest BCUT2D eigenvalue weighted by Crippen LogP contribution is 2.27. The Balaban J connectivity index is 0.00000192. The first-order valence-corrected chi connectivity index (χ1v) is 6.94. The number of para-hydroxylation sites is 3. The Hall–Kier alpha value is -2.57. The van der Waals surface area contributed by atoms with E-state index in [0.29, 0.717) is 24.0 Å². The predicted molar refractivity (Wildman–Crippen MR) is 93.8 cm³/mol. The van der Waals surface area contributed by atoms with E-state index in [0.717, 1.165) is 10.9 Å². The number of hydrogen-bond donors (Lipinski definition) is 4. The molecule has 3 rings (SSSR count). The molecule has 1 aromatic heterocycles. The standard InChI is InChI=1S/C16H16N4O2.ClH/c21-10-9-17-15-11-5-1-2-6-12(11)18-16(20-15)19-13-7-3-4-8-14(13)22;/h1-8,21-22H,9-10H2,(H2,17,18,19,20);1H. The number of aliphatic hydroxyl groups excluding tert-OH is 1. The Morgan fingerprint density at radius 1 is 0.957 bits per heavy atom. The van der Waals surface area contributed by atoms with Gasteiger partial charge in [0.2, 0.25) is 5.95 Å². The number of aromatic nitrogens is 2. The van der Waals surface area contributed by atoms with Gasteiger partial charge in [-0.1, -0.05) is 24.3 Å². The number of phenols is 1. The number of aromatic hydroxyl groups is 1. The summed E-state index contributed by atoms with van der Waals surface area (Å²) in [5.74, 6) is 1.14. The molecule has 0 saturated carbocycles. The molecule has 120 valence electrons. The average Bonchev–Trinajstić information content (AvgIpc) is 2.55. The lowest BCUT2D eigenvalue weighted by Gasteiger charge is -2.11. The third-order valence-electron chi connectivity index (χ3n) is 3.16. The molecule has 0 atom stereocenters. The van der Waals surface area contributed by atoms with Crippen molar-refractivity contribution in [1.82, 2.24) is 9.97 Å². The summed E-state index contributed by atoms with van der Waals surface area (Å²) >= 11 is 0. The zero-order chi connectivity index (χ0) is 15.4. The molecule has 6 nitrogen and oxygen atoms in total. The first-order chi connectivity index (χ1) is 10.8.